The molecule has 1 aromatic rings. The zero-order valence-corrected chi connectivity index (χ0v) is 18.6. The average molecular weight is 417 g/mol. The standard InChI is InChI=1S/C24H32O6/c1-6-28-23(26)29-21-20(19-16(3)13-15(2)14-17(19)4)22(25)30-24(21)10-7-18(8-11-24)9-12-27-5/h13-14,18H,6-12H2,1-5H3. The van der Waals surface area contributed by atoms with E-state index in [0.717, 1.165) is 41.5 Å². The van der Waals surface area contributed by atoms with Crippen molar-refractivity contribution >= 4 is 17.7 Å². The van der Waals surface area contributed by atoms with E-state index in [1.165, 1.54) is 0 Å². The van der Waals surface area contributed by atoms with Crippen molar-refractivity contribution in [1.29, 1.82) is 0 Å². The Kier molecular flexibility index (Phi) is 6.86. The number of hydrogen-bond donors (Lipinski definition) is 0. The molecule has 6 nitrogen and oxygen atoms in total. The highest BCUT2D eigenvalue weighted by atomic mass is 16.7. The molecule has 3 rings (SSSR count). The summed E-state index contributed by atoms with van der Waals surface area (Å²) >= 11 is 0. The Labute approximate surface area is 178 Å². The van der Waals surface area contributed by atoms with Crippen molar-refractivity contribution in [2.24, 2.45) is 5.92 Å². The summed E-state index contributed by atoms with van der Waals surface area (Å²) < 4.78 is 21.9. The van der Waals surface area contributed by atoms with E-state index in [1.807, 2.05) is 32.9 Å². The molecular formula is C24H32O6. The van der Waals surface area contributed by atoms with E-state index < -0.39 is 17.7 Å². The lowest BCUT2D eigenvalue weighted by Gasteiger charge is -2.36. The van der Waals surface area contributed by atoms with Gasteiger partial charge in [-0.15, -0.1) is 0 Å². The van der Waals surface area contributed by atoms with E-state index >= 15 is 0 Å². The van der Waals surface area contributed by atoms with E-state index in [1.54, 1.807) is 14.0 Å². The van der Waals surface area contributed by atoms with Gasteiger partial charge in [0.2, 0.25) is 0 Å². The molecule has 0 amide bonds. The second kappa shape index (κ2) is 9.21. The van der Waals surface area contributed by atoms with Crippen LogP contribution in [-0.4, -0.2) is 38.0 Å². The lowest BCUT2D eigenvalue weighted by atomic mass is 9.76. The maximum atomic E-state index is 13.1. The van der Waals surface area contributed by atoms with Gasteiger partial charge in [-0.05, 0) is 82.4 Å². The smallest absolute Gasteiger partial charge is 0.447 e. The molecule has 0 N–H and O–H groups in total. The Morgan fingerprint density at radius 2 is 1.80 bits per heavy atom. The summed E-state index contributed by atoms with van der Waals surface area (Å²) in [7, 11) is 1.70. The Hall–Kier alpha value is -2.34. The first-order chi connectivity index (χ1) is 14.3. The fourth-order valence-electron chi connectivity index (χ4n) is 4.81. The predicted molar refractivity (Wildman–Crippen MR) is 113 cm³/mol. The first-order valence-corrected chi connectivity index (χ1v) is 10.7. The van der Waals surface area contributed by atoms with Gasteiger partial charge in [0.25, 0.3) is 0 Å². The molecule has 0 saturated heterocycles. The lowest BCUT2D eigenvalue weighted by molar-refractivity contribution is -0.150. The molecule has 0 aromatic heterocycles. The fraction of sp³-hybridized carbons (Fsp3) is 0.583. The van der Waals surface area contributed by atoms with Crippen LogP contribution in [0.3, 0.4) is 0 Å². The van der Waals surface area contributed by atoms with Crippen LogP contribution in [0.5, 0.6) is 0 Å². The summed E-state index contributed by atoms with van der Waals surface area (Å²) in [6.07, 6.45) is 3.18. The molecule has 164 valence electrons. The van der Waals surface area contributed by atoms with Crippen LogP contribution in [0.15, 0.2) is 17.9 Å². The topological polar surface area (TPSA) is 71.1 Å². The second-order valence-corrected chi connectivity index (χ2v) is 8.37. The number of methoxy groups -OCH3 is 1. The van der Waals surface area contributed by atoms with Gasteiger partial charge in [0.15, 0.2) is 11.4 Å². The molecule has 1 fully saturated rings. The summed E-state index contributed by atoms with van der Waals surface area (Å²) in [6.45, 7) is 8.58. The molecule has 30 heavy (non-hydrogen) atoms. The largest absolute Gasteiger partial charge is 0.513 e. The van der Waals surface area contributed by atoms with Crippen molar-refractivity contribution in [1.82, 2.24) is 0 Å². The van der Waals surface area contributed by atoms with Crippen molar-refractivity contribution in [3.63, 3.8) is 0 Å². The first kappa shape index (κ1) is 22.3. The molecule has 0 unspecified atom stereocenters. The third-order valence-electron chi connectivity index (χ3n) is 6.15. The Bertz CT molecular complexity index is 822. The van der Waals surface area contributed by atoms with Crippen LogP contribution in [0.2, 0.25) is 0 Å². The highest BCUT2D eigenvalue weighted by molar-refractivity contribution is 6.20. The molecule has 1 aliphatic carbocycles. The van der Waals surface area contributed by atoms with Crippen molar-refractivity contribution in [3.8, 4) is 0 Å². The van der Waals surface area contributed by atoms with E-state index in [0.29, 0.717) is 36.7 Å². The number of rotatable bonds is 6. The van der Waals surface area contributed by atoms with Gasteiger partial charge in [0.1, 0.15) is 5.57 Å². The van der Waals surface area contributed by atoms with Crippen LogP contribution < -0.4 is 0 Å². The van der Waals surface area contributed by atoms with Crippen LogP contribution in [0.25, 0.3) is 5.57 Å². The van der Waals surface area contributed by atoms with E-state index in [2.05, 4.69) is 0 Å². The number of carbonyl (C=O) groups excluding carboxylic acids is 2. The molecule has 0 radical (unpaired) electrons. The van der Waals surface area contributed by atoms with Gasteiger partial charge in [-0.25, -0.2) is 9.59 Å². The van der Waals surface area contributed by atoms with Gasteiger partial charge in [0, 0.05) is 13.7 Å². The van der Waals surface area contributed by atoms with Crippen molar-refractivity contribution < 1.29 is 28.5 Å². The van der Waals surface area contributed by atoms with Gasteiger partial charge in [0.05, 0.1) is 6.61 Å². The Balaban J connectivity index is 2.03. The van der Waals surface area contributed by atoms with Gasteiger partial charge in [-0.1, -0.05) is 17.7 Å². The molecule has 1 aromatic carbocycles. The first-order valence-electron chi connectivity index (χ1n) is 10.7. The normalized spacial score (nSPS) is 23.6. The molecule has 1 saturated carbocycles. The van der Waals surface area contributed by atoms with Crippen molar-refractivity contribution in [3.05, 3.63) is 40.1 Å². The highest BCUT2D eigenvalue weighted by Gasteiger charge is 2.52. The minimum atomic E-state index is -0.910. The maximum absolute atomic E-state index is 13.1. The number of esters is 1. The Morgan fingerprint density at radius 3 is 2.37 bits per heavy atom. The third-order valence-corrected chi connectivity index (χ3v) is 6.15. The number of ether oxygens (including phenoxy) is 4. The minimum absolute atomic E-state index is 0.199. The van der Waals surface area contributed by atoms with E-state index in [4.69, 9.17) is 18.9 Å². The highest BCUT2D eigenvalue weighted by Crippen LogP contribution is 2.49. The molecule has 1 aliphatic heterocycles. The summed E-state index contributed by atoms with van der Waals surface area (Å²) in [5, 5.41) is 0. The van der Waals surface area contributed by atoms with Gasteiger partial charge in [-0.2, -0.15) is 0 Å². The zero-order chi connectivity index (χ0) is 21.9. The monoisotopic (exact) mass is 416 g/mol. The van der Waals surface area contributed by atoms with Crippen LogP contribution in [0.4, 0.5) is 4.79 Å². The van der Waals surface area contributed by atoms with E-state index in [9.17, 15) is 9.59 Å². The maximum Gasteiger partial charge on any atom is 0.513 e. The quantitative estimate of drug-likeness (QED) is 0.607. The SMILES string of the molecule is CCOC(=O)OC1=C(c2c(C)cc(C)cc2C)C(=O)OC12CCC(CCOC)CC2. The molecule has 1 spiro atoms. The summed E-state index contributed by atoms with van der Waals surface area (Å²) in [6, 6.07) is 4.05. The van der Waals surface area contributed by atoms with E-state index in [-0.39, 0.29) is 6.61 Å². The molecule has 6 heteroatoms. The molecule has 1 heterocycles. The number of carbonyl (C=O) groups is 2. The fourth-order valence-corrected chi connectivity index (χ4v) is 4.81. The van der Waals surface area contributed by atoms with Gasteiger partial charge >= 0.3 is 12.1 Å². The third kappa shape index (κ3) is 4.38. The lowest BCUT2D eigenvalue weighted by Crippen LogP contribution is -2.38. The second-order valence-electron chi connectivity index (χ2n) is 8.37. The molecule has 0 bridgehead atoms. The van der Waals surface area contributed by atoms with Crippen molar-refractivity contribution in [2.75, 3.05) is 20.3 Å². The summed E-state index contributed by atoms with van der Waals surface area (Å²) in [5.41, 5.74) is 3.25. The predicted octanol–water partition coefficient (Wildman–Crippen LogP) is 5.02. The van der Waals surface area contributed by atoms with Crippen LogP contribution in [-0.2, 0) is 23.7 Å². The summed E-state index contributed by atoms with van der Waals surface area (Å²) in [4.78, 5) is 25.4. The Morgan fingerprint density at radius 1 is 1.17 bits per heavy atom. The number of hydrogen-bond acceptors (Lipinski definition) is 6. The molecule has 2 aliphatic rings. The van der Waals surface area contributed by atoms with Gasteiger partial charge in [-0.3, -0.25) is 0 Å². The minimum Gasteiger partial charge on any atom is -0.447 e. The zero-order valence-electron chi connectivity index (χ0n) is 18.6. The van der Waals surface area contributed by atoms with Gasteiger partial charge < -0.3 is 18.9 Å². The summed E-state index contributed by atoms with van der Waals surface area (Å²) in [5.74, 6) is 0.385. The van der Waals surface area contributed by atoms with Crippen molar-refractivity contribution in [2.45, 2.75) is 65.4 Å². The van der Waals surface area contributed by atoms with Crippen LogP contribution >= 0.6 is 0 Å². The molecule has 0 atom stereocenters. The number of benzene rings is 1. The molecular weight excluding hydrogens is 384 g/mol. The van der Waals surface area contributed by atoms with Crippen LogP contribution in [0, 0.1) is 26.7 Å². The average Bonchev–Trinajstić information content (AvgIpc) is 2.92. The van der Waals surface area contributed by atoms with Crippen LogP contribution in [0.1, 0.15) is 61.3 Å². The number of aryl methyl sites for hydroxylation is 3.